The van der Waals surface area contributed by atoms with Gasteiger partial charge in [-0.3, -0.25) is 10.1 Å². The summed E-state index contributed by atoms with van der Waals surface area (Å²) in [6.07, 6.45) is 5.81. The van der Waals surface area contributed by atoms with Gasteiger partial charge in [0.15, 0.2) is 0 Å². The zero-order chi connectivity index (χ0) is 14.8. The Hall–Kier alpha value is -1.96. The molecule has 2 heterocycles. The molecule has 114 valence electrons. The molecule has 1 aliphatic heterocycles. The summed E-state index contributed by atoms with van der Waals surface area (Å²) in [5.74, 6) is 0.656. The van der Waals surface area contributed by atoms with E-state index in [-0.39, 0.29) is 23.7 Å². The third-order valence-electron chi connectivity index (χ3n) is 4.23. The summed E-state index contributed by atoms with van der Waals surface area (Å²) >= 11 is 0. The smallest absolute Gasteiger partial charge is 0.353 e. The number of rotatable bonds is 3. The van der Waals surface area contributed by atoms with Crippen LogP contribution in [0.25, 0.3) is 0 Å². The molecule has 0 spiro atoms. The van der Waals surface area contributed by atoms with Crippen molar-refractivity contribution in [2.24, 2.45) is 0 Å². The van der Waals surface area contributed by atoms with Crippen LogP contribution >= 0.6 is 0 Å². The van der Waals surface area contributed by atoms with Gasteiger partial charge in [-0.2, -0.15) is 0 Å². The van der Waals surface area contributed by atoms with Gasteiger partial charge >= 0.3 is 5.69 Å². The van der Waals surface area contributed by atoms with Crippen molar-refractivity contribution in [2.45, 2.75) is 37.8 Å². The molecular formula is C13H19N5O3. The highest BCUT2D eigenvalue weighted by Gasteiger charge is 2.38. The van der Waals surface area contributed by atoms with Gasteiger partial charge in [0.1, 0.15) is 6.33 Å². The third-order valence-corrected chi connectivity index (χ3v) is 4.23. The number of anilines is 2. The highest BCUT2D eigenvalue weighted by atomic mass is 16.6. The number of hydrogen-bond donors (Lipinski definition) is 1. The van der Waals surface area contributed by atoms with Gasteiger partial charge in [-0.1, -0.05) is 12.8 Å². The van der Waals surface area contributed by atoms with Gasteiger partial charge in [-0.05, 0) is 12.8 Å². The highest BCUT2D eigenvalue weighted by Crippen LogP contribution is 2.37. The first kappa shape index (κ1) is 14.0. The monoisotopic (exact) mass is 293 g/mol. The highest BCUT2D eigenvalue weighted by molar-refractivity contribution is 5.70. The molecule has 1 aromatic heterocycles. The van der Waals surface area contributed by atoms with Crippen LogP contribution in [0.3, 0.4) is 0 Å². The first-order valence-corrected chi connectivity index (χ1v) is 7.27. The molecule has 2 atom stereocenters. The van der Waals surface area contributed by atoms with Crippen molar-refractivity contribution < 1.29 is 9.66 Å². The van der Waals surface area contributed by atoms with Crippen molar-refractivity contribution in [1.82, 2.24) is 9.97 Å². The predicted molar refractivity (Wildman–Crippen MR) is 77.6 cm³/mol. The quantitative estimate of drug-likeness (QED) is 0.667. The summed E-state index contributed by atoms with van der Waals surface area (Å²) in [7, 11) is 1.63. The van der Waals surface area contributed by atoms with Crippen LogP contribution in [0.1, 0.15) is 25.7 Å². The second kappa shape index (κ2) is 5.80. The van der Waals surface area contributed by atoms with Crippen LogP contribution in [0, 0.1) is 10.1 Å². The SMILES string of the molecule is CNc1ncnc(N2CCOC3CCCCC32)c1[N+](=O)[O-]. The summed E-state index contributed by atoms with van der Waals surface area (Å²) in [4.78, 5) is 21.2. The fourth-order valence-corrected chi connectivity index (χ4v) is 3.29. The summed E-state index contributed by atoms with van der Waals surface area (Å²) < 4.78 is 5.82. The Morgan fingerprint density at radius 3 is 3.00 bits per heavy atom. The largest absolute Gasteiger partial charge is 0.374 e. The Labute approximate surface area is 122 Å². The maximum Gasteiger partial charge on any atom is 0.353 e. The zero-order valence-electron chi connectivity index (χ0n) is 12.0. The zero-order valence-corrected chi connectivity index (χ0v) is 12.0. The van der Waals surface area contributed by atoms with Crippen LogP contribution in [0.15, 0.2) is 6.33 Å². The van der Waals surface area contributed by atoms with Crippen LogP contribution in [0.4, 0.5) is 17.3 Å². The predicted octanol–water partition coefficient (Wildman–Crippen LogP) is 1.57. The van der Waals surface area contributed by atoms with E-state index in [0.717, 1.165) is 25.7 Å². The van der Waals surface area contributed by atoms with E-state index in [0.29, 0.717) is 19.0 Å². The number of hydrogen-bond acceptors (Lipinski definition) is 7. The average molecular weight is 293 g/mol. The van der Waals surface area contributed by atoms with E-state index < -0.39 is 4.92 Å². The molecule has 1 aliphatic carbocycles. The number of nitrogens with zero attached hydrogens (tertiary/aromatic N) is 4. The van der Waals surface area contributed by atoms with Gasteiger partial charge in [-0.15, -0.1) is 0 Å². The lowest BCUT2D eigenvalue weighted by Crippen LogP contribution is -2.53. The minimum atomic E-state index is -0.408. The second-order valence-electron chi connectivity index (χ2n) is 5.36. The summed E-state index contributed by atoms with van der Waals surface area (Å²) in [5, 5.41) is 14.2. The molecule has 1 saturated carbocycles. The molecule has 8 nitrogen and oxygen atoms in total. The molecule has 21 heavy (non-hydrogen) atoms. The lowest BCUT2D eigenvalue weighted by Gasteiger charge is -2.44. The minimum Gasteiger partial charge on any atom is -0.374 e. The normalized spacial score (nSPS) is 25.3. The summed E-state index contributed by atoms with van der Waals surface area (Å²) in [6.45, 7) is 1.21. The van der Waals surface area contributed by atoms with Gasteiger partial charge in [0.2, 0.25) is 11.6 Å². The molecule has 1 N–H and O–H groups in total. The topological polar surface area (TPSA) is 93.4 Å². The van der Waals surface area contributed by atoms with E-state index in [9.17, 15) is 10.1 Å². The molecule has 2 fully saturated rings. The summed E-state index contributed by atoms with van der Waals surface area (Å²) in [6, 6.07) is 0.172. The van der Waals surface area contributed by atoms with E-state index in [2.05, 4.69) is 15.3 Å². The van der Waals surface area contributed by atoms with Crippen LogP contribution in [0.5, 0.6) is 0 Å². The molecule has 0 aromatic carbocycles. The molecule has 1 saturated heterocycles. The van der Waals surface area contributed by atoms with E-state index in [1.54, 1.807) is 7.05 Å². The first-order chi connectivity index (χ1) is 10.2. The van der Waals surface area contributed by atoms with Gasteiger partial charge < -0.3 is 15.0 Å². The molecule has 2 unspecified atom stereocenters. The van der Waals surface area contributed by atoms with E-state index in [1.165, 1.54) is 6.33 Å². The van der Waals surface area contributed by atoms with Crippen molar-refractivity contribution in [3.05, 3.63) is 16.4 Å². The Morgan fingerprint density at radius 2 is 2.24 bits per heavy atom. The van der Waals surface area contributed by atoms with Crippen LogP contribution in [-0.2, 0) is 4.74 Å². The first-order valence-electron chi connectivity index (χ1n) is 7.27. The average Bonchev–Trinajstić information content (AvgIpc) is 2.53. The Morgan fingerprint density at radius 1 is 1.43 bits per heavy atom. The van der Waals surface area contributed by atoms with Crippen LogP contribution in [0.2, 0.25) is 0 Å². The lowest BCUT2D eigenvalue weighted by molar-refractivity contribution is -0.383. The molecule has 0 radical (unpaired) electrons. The molecule has 0 bridgehead atoms. The number of ether oxygens (including phenoxy) is 1. The van der Waals surface area contributed by atoms with Crippen molar-refractivity contribution >= 4 is 17.3 Å². The minimum absolute atomic E-state index is 0.0498. The Bertz CT molecular complexity index is 537. The molecular weight excluding hydrogens is 274 g/mol. The van der Waals surface area contributed by atoms with Crippen LogP contribution < -0.4 is 10.2 Å². The van der Waals surface area contributed by atoms with E-state index >= 15 is 0 Å². The Kier molecular flexibility index (Phi) is 3.87. The number of fused-ring (bicyclic) bond motifs is 1. The van der Waals surface area contributed by atoms with Gasteiger partial charge in [0.05, 0.1) is 23.7 Å². The van der Waals surface area contributed by atoms with Crippen molar-refractivity contribution in [3.63, 3.8) is 0 Å². The number of morpholine rings is 1. The van der Waals surface area contributed by atoms with Crippen molar-refractivity contribution in [3.8, 4) is 0 Å². The maximum atomic E-state index is 11.4. The number of aromatic nitrogens is 2. The fraction of sp³-hybridized carbons (Fsp3) is 0.692. The van der Waals surface area contributed by atoms with Gasteiger partial charge in [0, 0.05) is 13.6 Å². The van der Waals surface area contributed by atoms with E-state index in [1.807, 2.05) is 4.90 Å². The third kappa shape index (κ3) is 2.51. The number of nitrogens with one attached hydrogen (secondary N) is 1. The Balaban J connectivity index is 2.00. The lowest BCUT2D eigenvalue weighted by atomic mass is 9.90. The maximum absolute atomic E-state index is 11.4. The van der Waals surface area contributed by atoms with Crippen LogP contribution in [-0.4, -0.2) is 47.2 Å². The molecule has 0 amide bonds. The summed E-state index contributed by atoms with van der Waals surface area (Å²) in [5.41, 5.74) is -0.0498. The number of nitro groups is 1. The molecule has 2 aliphatic rings. The fourth-order valence-electron chi connectivity index (χ4n) is 3.29. The van der Waals surface area contributed by atoms with Gasteiger partial charge in [-0.25, -0.2) is 9.97 Å². The van der Waals surface area contributed by atoms with Gasteiger partial charge in [0.25, 0.3) is 0 Å². The second-order valence-corrected chi connectivity index (χ2v) is 5.36. The van der Waals surface area contributed by atoms with E-state index in [4.69, 9.17) is 4.74 Å². The standard InChI is InChI=1S/C13H19N5O3/c1-14-12-11(18(19)20)13(16-8-15-12)17-6-7-21-10-5-3-2-4-9(10)17/h8-10H,2-7H2,1H3,(H,14,15,16). The molecule has 1 aromatic rings. The molecule has 3 rings (SSSR count). The molecule has 8 heteroatoms. The van der Waals surface area contributed by atoms with Crippen molar-refractivity contribution in [1.29, 1.82) is 0 Å². The van der Waals surface area contributed by atoms with Crippen molar-refractivity contribution in [2.75, 3.05) is 30.4 Å².